The number of benzene rings is 2. The second-order valence-electron chi connectivity index (χ2n) is 3.86. The van der Waals surface area contributed by atoms with Crippen molar-refractivity contribution in [1.82, 2.24) is 0 Å². The van der Waals surface area contributed by atoms with E-state index < -0.39 is 6.19 Å². The SMILES string of the molecule is CC[PH](Br)(Oc1ccccc1)c1ccccc1. The third kappa shape index (κ3) is 3.08. The first-order valence-electron chi connectivity index (χ1n) is 5.73. The third-order valence-corrected chi connectivity index (χ3v) is 8.89. The van der Waals surface area contributed by atoms with E-state index in [0.717, 1.165) is 11.9 Å². The van der Waals surface area contributed by atoms with Crippen LogP contribution in [0.15, 0.2) is 60.7 Å². The summed E-state index contributed by atoms with van der Waals surface area (Å²) < 4.78 is 6.19. The molecule has 0 saturated carbocycles. The van der Waals surface area contributed by atoms with Crippen LogP contribution in [0.1, 0.15) is 6.92 Å². The molecule has 0 heterocycles. The van der Waals surface area contributed by atoms with E-state index in [1.807, 2.05) is 36.4 Å². The fourth-order valence-corrected chi connectivity index (χ4v) is 4.92. The predicted molar refractivity (Wildman–Crippen MR) is 80.9 cm³/mol. The van der Waals surface area contributed by atoms with Gasteiger partial charge in [0.2, 0.25) is 0 Å². The Morgan fingerprint density at radius 2 is 1.47 bits per heavy atom. The average molecular weight is 311 g/mol. The maximum atomic E-state index is 6.19. The molecule has 0 N–H and O–H groups in total. The summed E-state index contributed by atoms with van der Waals surface area (Å²) in [6.45, 7) is 2.16. The van der Waals surface area contributed by atoms with E-state index >= 15 is 0 Å². The summed E-state index contributed by atoms with van der Waals surface area (Å²) in [6, 6.07) is 20.4. The summed E-state index contributed by atoms with van der Waals surface area (Å²) in [6.07, 6.45) is -1.04. The molecule has 0 fully saturated rings. The van der Waals surface area contributed by atoms with Gasteiger partial charge in [-0.15, -0.1) is 0 Å². The summed E-state index contributed by atoms with van der Waals surface area (Å²) in [5.41, 5.74) is 0. The van der Waals surface area contributed by atoms with E-state index in [9.17, 15) is 0 Å². The van der Waals surface area contributed by atoms with Crippen LogP contribution in [0.5, 0.6) is 5.75 Å². The Labute approximate surface area is 111 Å². The van der Waals surface area contributed by atoms with Crippen LogP contribution in [0, 0.1) is 0 Å². The summed E-state index contributed by atoms with van der Waals surface area (Å²) in [5, 5.41) is 1.27. The minimum absolute atomic E-state index is 0.932. The van der Waals surface area contributed by atoms with Gasteiger partial charge in [0.15, 0.2) is 0 Å². The first-order chi connectivity index (χ1) is 8.24. The van der Waals surface area contributed by atoms with Crippen molar-refractivity contribution in [2.75, 3.05) is 6.16 Å². The molecule has 1 nitrogen and oxygen atoms in total. The van der Waals surface area contributed by atoms with Crippen molar-refractivity contribution in [3.63, 3.8) is 0 Å². The molecule has 0 bridgehead atoms. The van der Waals surface area contributed by atoms with Gasteiger partial charge in [-0.3, -0.25) is 0 Å². The van der Waals surface area contributed by atoms with Gasteiger partial charge in [-0.05, 0) is 0 Å². The van der Waals surface area contributed by atoms with Gasteiger partial charge in [0.25, 0.3) is 0 Å². The van der Waals surface area contributed by atoms with Crippen molar-refractivity contribution in [3.8, 4) is 5.75 Å². The molecule has 0 saturated heterocycles. The average Bonchev–Trinajstić information content (AvgIpc) is 2.41. The van der Waals surface area contributed by atoms with Crippen molar-refractivity contribution in [1.29, 1.82) is 0 Å². The maximum absolute atomic E-state index is 6.19. The molecule has 0 radical (unpaired) electrons. The van der Waals surface area contributed by atoms with Crippen LogP contribution in [0.25, 0.3) is 0 Å². The molecule has 0 spiro atoms. The fourth-order valence-electron chi connectivity index (χ4n) is 1.70. The molecule has 2 aromatic carbocycles. The van der Waals surface area contributed by atoms with Crippen LogP contribution in [-0.4, -0.2) is 6.16 Å². The molecule has 0 atom stereocenters. The zero-order valence-electron chi connectivity index (χ0n) is 9.77. The van der Waals surface area contributed by atoms with Crippen LogP contribution in [0.2, 0.25) is 0 Å². The summed E-state index contributed by atoms with van der Waals surface area (Å²) in [4.78, 5) is 0. The van der Waals surface area contributed by atoms with Gasteiger partial charge in [0, 0.05) is 0 Å². The van der Waals surface area contributed by atoms with E-state index in [4.69, 9.17) is 4.52 Å². The second-order valence-corrected chi connectivity index (χ2v) is 10.7. The van der Waals surface area contributed by atoms with Crippen molar-refractivity contribution in [2.24, 2.45) is 0 Å². The van der Waals surface area contributed by atoms with E-state index in [2.05, 4.69) is 46.7 Å². The molecule has 2 aromatic rings. The Hall–Kier alpha value is -0.850. The van der Waals surface area contributed by atoms with Gasteiger partial charge in [0.1, 0.15) is 0 Å². The molecule has 0 aromatic heterocycles. The predicted octanol–water partition coefficient (Wildman–Crippen LogP) is 4.39. The number of hydrogen-bond acceptors (Lipinski definition) is 1. The van der Waals surface area contributed by atoms with E-state index in [-0.39, 0.29) is 0 Å². The monoisotopic (exact) mass is 310 g/mol. The Balaban J connectivity index is 2.27. The molecular formula is C14H16BrOP. The van der Waals surface area contributed by atoms with E-state index in [1.54, 1.807) is 0 Å². The zero-order chi connectivity index (χ0) is 12.1. The Morgan fingerprint density at radius 3 is 2.00 bits per heavy atom. The molecule has 0 aliphatic rings. The van der Waals surface area contributed by atoms with E-state index in [1.165, 1.54) is 5.30 Å². The van der Waals surface area contributed by atoms with Crippen molar-refractivity contribution >= 4 is 27.0 Å². The molecule has 2 rings (SSSR count). The third-order valence-electron chi connectivity index (χ3n) is 2.68. The van der Waals surface area contributed by atoms with Crippen LogP contribution in [0.3, 0.4) is 0 Å². The standard InChI is InChI=1S/C14H16BrOP/c1-2-17(15,14-11-7-4-8-12-14)16-13-9-5-3-6-10-13/h3-12,17H,2H2,1H3. The number of halogens is 1. The van der Waals surface area contributed by atoms with Gasteiger partial charge < -0.3 is 0 Å². The van der Waals surface area contributed by atoms with Crippen molar-refractivity contribution in [3.05, 3.63) is 60.7 Å². The van der Waals surface area contributed by atoms with Crippen molar-refractivity contribution in [2.45, 2.75) is 6.92 Å². The summed E-state index contributed by atoms with van der Waals surface area (Å²) >= 11 is 3.85. The van der Waals surface area contributed by atoms with E-state index in [0.29, 0.717) is 0 Å². The zero-order valence-corrected chi connectivity index (χ0v) is 12.4. The quantitative estimate of drug-likeness (QED) is 0.761. The minimum atomic E-state index is -2.03. The van der Waals surface area contributed by atoms with Gasteiger partial charge >= 0.3 is 111 Å². The van der Waals surface area contributed by atoms with Gasteiger partial charge in [-0.2, -0.15) is 0 Å². The normalized spacial score (nSPS) is 12.1. The van der Waals surface area contributed by atoms with Crippen LogP contribution in [0.4, 0.5) is 0 Å². The van der Waals surface area contributed by atoms with Gasteiger partial charge in [-0.1, -0.05) is 0 Å². The van der Waals surface area contributed by atoms with Crippen molar-refractivity contribution < 1.29 is 4.52 Å². The molecule has 0 aliphatic heterocycles. The number of para-hydroxylation sites is 1. The molecule has 17 heavy (non-hydrogen) atoms. The Morgan fingerprint density at radius 1 is 0.941 bits per heavy atom. The summed E-state index contributed by atoms with van der Waals surface area (Å²) in [5.74, 6) is 0.932. The molecule has 0 aliphatic carbocycles. The topological polar surface area (TPSA) is 9.23 Å². The first kappa shape index (κ1) is 12.6. The molecule has 3 heteroatoms. The first-order valence-corrected chi connectivity index (χ1v) is 10.1. The fraction of sp³-hybridized carbons (Fsp3) is 0.143. The molecule has 0 amide bonds. The Kier molecular flexibility index (Phi) is 4.20. The van der Waals surface area contributed by atoms with Crippen LogP contribution < -0.4 is 9.83 Å². The van der Waals surface area contributed by atoms with Gasteiger partial charge in [0.05, 0.1) is 0 Å². The molecule has 0 unspecified atom stereocenters. The number of rotatable bonds is 4. The Bertz CT molecular complexity index is 460. The summed E-state index contributed by atoms with van der Waals surface area (Å²) in [7, 11) is 0. The van der Waals surface area contributed by atoms with Crippen LogP contribution >= 0.6 is 21.7 Å². The number of hydrogen-bond donors (Lipinski definition) is 0. The second kappa shape index (κ2) is 5.66. The van der Waals surface area contributed by atoms with Crippen LogP contribution in [-0.2, 0) is 0 Å². The van der Waals surface area contributed by atoms with Gasteiger partial charge in [-0.25, -0.2) is 0 Å². The molecule has 90 valence electrons. The molecular weight excluding hydrogens is 295 g/mol.